The zero-order valence-corrected chi connectivity index (χ0v) is 18.4. The molecule has 1 aliphatic rings. The highest BCUT2D eigenvalue weighted by Crippen LogP contribution is 2.43. The summed E-state index contributed by atoms with van der Waals surface area (Å²) in [5.41, 5.74) is 5.09. The molecule has 4 rings (SSSR count). The molecular weight excluding hydrogens is 505 g/mol. The summed E-state index contributed by atoms with van der Waals surface area (Å²) in [5.74, 6) is -0.896. The summed E-state index contributed by atoms with van der Waals surface area (Å²) in [5, 5.41) is 15.4. The van der Waals surface area contributed by atoms with Crippen molar-refractivity contribution in [3.05, 3.63) is 85.4 Å². The molecule has 168 valence electrons. The highest BCUT2D eigenvalue weighted by atomic mass is 79.9. The third-order valence-corrected chi connectivity index (χ3v) is 5.95. The van der Waals surface area contributed by atoms with E-state index in [-0.39, 0.29) is 22.9 Å². The molecule has 0 radical (unpaired) electrons. The molecular formula is C21H14BrF3N6O2. The number of fused-ring (bicyclic) bond motifs is 1. The molecule has 0 aliphatic carbocycles. The van der Waals surface area contributed by atoms with Gasteiger partial charge in [-0.1, -0.05) is 28.1 Å². The number of aromatic nitrogens is 3. The number of amides is 1. The zero-order valence-electron chi connectivity index (χ0n) is 16.8. The van der Waals surface area contributed by atoms with Gasteiger partial charge in [0.15, 0.2) is 0 Å². The number of anilines is 2. The minimum atomic E-state index is -4.60. The first-order valence-corrected chi connectivity index (χ1v) is 10.2. The van der Waals surface area contributed by atoms with Crippen LogP contribution < -0.4 is 16.3 Å². The first-order chi connectivity index (χ1) is 15.5. The molecule has 3 N–H and O–H groups in total. The molecule has 0 spiro atoms. The normalized spacial score (nSPS) is 15.9. The molecule has 3 aromatic rings. The summed E-state index contributed by atoms with van der Waals surface area (Å²) in [6, 6.07) is 9.97. The van der Waals surface area contributed by atoms with E-state index in [2.05, 4.69) is 26.1 Å². The Morgan fingerprint density at radius 1 is 1.27 bits per heavy atom. The van der Waals surface area contributed by atoms with E-state index in [9.17, 15) is 22.8 Å². The second kappa shape index (κ2) is 7.93. The molecule has 1 aromatic heterocycles. The van der Waals surface area contributed by atoms with Crippen molar-refractivity contribution >= 4 is 33.5 Å². The lowest BCUT2D eigenvalue weighted by Crippen LogP contribution is -2.39. The smallest absolute Gasteiger partial charge is 0.366 e. The Morgan fingerprint density at radius 3 is 2.61 bits per heavy atom. The Morgan fingerprint density at radius 2 is 2.00 bits per heavy atom. The molecule has 0 bridgehead atoms. The Kier molecular flexibility index (Phi) is 5.37. The number of aromatic amines is 1. The molecule has 0 fully saturated rings. The first-order valence-electron chi connectivity index (χ1n) is 9.39. The second-order valence-corrected chi connectivity index (χ2v) is 8.05. The lowest BCUT2D eigenvalue weighted by atomic mass is 9.93. The van der Waals surface area contributed by atoms with E-state index in [0.29, 0.717) is 15.6 Å². The number of nitrogens with zero attached hydrogens (tertiary/aromatic N) is 4. The van der Waals surface area contributed by atoms with Crippen molar-refractivity contribution in [2.45, 2.75) is 19.1 Å². The van der Waals surface area contributed by atoms with Gasteiger partial charge in [0.05, 0.1) is 22.8 Å². The Balaban J connectivity index is 2.01. The quantitative estimate of drug-likeness (QED) is 0.547. The number of alkyl halides is 3. The van der Waals surface area contributed by atoms with Crippen LogP contribution in [0.3, 0.4) is 0 Å². The van der Waals surface area contributed by atoms with Gasteiger partial charge >= 0.3 is 11.9 Å². The van der Waals surface area contributed by atoms with Gasteiger partial charge in [0, 0.05) is 15.9 Å². The van der Waals surface area contributed by atoms with Crippen LogP contribution in [0.25, 0.3) is 0 Å². The van der Waals surface area contributed by atoms with Crippen LogP contribution in [-0.2, 0) is 11.0 Å². The van der Waals surface area contributed by atoms with Gasteiger partial charge in [0.1, 0.15) is 6.04 Å². The van der Waals surface area contributed by atoms with Crippen molar-refractivity contribution < 1.29 is 18.0 Å². The molecule has 1 atom stereocenters. The number of carbonyl (C=O) groups excluding carboxylic acids is 1. The molecule has 1 aliphatic heterocycles. The molecule has 0 saturated heterocycles. The van der Waals surface area contributed by atoms with Crippen LogP contribution in [-0.4, -0.2) is 20.7 Å². The van der Waals surface area contributed by atoms with Gasteiger partial charge in [-0.15, -0.1) is 5.10 Å². The number of nitrogens with one attached hydrogen (secondary N) is 1. The van der Waals surface area contributed by atoms with E-state index in [1.54, 1.807) is 6.07 Å². The van der Waals surface area contributed by atoms with Crippen molar-refractivity contribution in [1.82, 2.24) is 14.8 Å². The molecule has 1 amide bonds. The Labute approximate surface area is 192 Å². The van der Waals surface area contributed by atoms with E-state index < -0.39 is 29.4 Å². The SMILES string of the molecule is CC1=C(C(N)=O)C(c2ccc(C#N)cc2Br)n2c(n[nH]c2=O)N1c1cccc(C(F)(F)F)c1. The molecule has 2 aromatic carbocycles. The fourth-order valence-corrected chi connectivity index (χ4v) is 4.44. The highest BCUT2D eigenvalue weighted by molar-refractivity contribution is 9.10. The molecule has 12 heteroatoms. The lowest BCUT2D eigenvalue weighted by Gasteiger charge is -2.35. The number of hydrogen-bond acceptors (Lipinski definition) is 5. The first kappa shape index (κ1) is 22.3. The predicted molar refractivity (Wildman–Crippen MR) is 115 cm³/mol. The number of benzene rings is 2. The van der Waals surface area contributed by atoms with Gasteiger partial charge in [0.2, 0.25) is 11.9 Å². The third kappa shape index (κ3) is 3.70. The maximum atomic E-state index is 13.3. The molecule has 33 heavy (non-hydrogen) atoms. The van der Waals surface area contributed by atoms with Gasteiger partial charge in [-0.25, -0.2) is 14.5 Å². The molecule has 2 heterocycles. The highest BCUT2D eigenvalue weighted by Gasteiger charge is 2.39. The monoisotopic (exact) mass is 518 g/mol. The van der Waals surface area contributed by atoms with Crippen molar-refractivity contribution in [2.75, 3.05) is 4.90 Å². The third-order valence-electron chi connectivity index (χ3n) is 5.26. The Hall–Kier alpha value is -3.85. The van der Waals surface area contributed by atoms with Crippen LogP contribution in [0.4, 0.5) is 24.8 Å². The second-order valence-electron chi connectivity index (χ2n) is 7.20. The number of halogens is 4. The van der Waals surface area contributed by atoms with Crippen LogP contribution in [0, 0.1) is 11.3 Å². The number of carbonyl (C=O) groups is 1. The summed E-state index contributed by atoms with van der Waals surface area (Å²) in [6.45, 7) is 1.51. The summed E-state index contributed by atoms with van der Waals surface area (Å²) in [7, 11) is 0. The van der Waals surface area contributed by atoms with Crippen molar-refractivity contribution in [2.24, 2.45) is 5.73 Å². The summed E-state index contributed by atoms with van der Waals surface area (Å²) < 4.78 is 41.5. The maximum Gasteiger partial charge on any atom is 0.416 e. The number of rotatable bonds is 3. The number of nitrogens with two attached hydrogens (primary N) is 1. The van der Waals surface area contributed by atoms with Gasteiger partial charge < -0.3 is 5.73 Å². The van der Waals surface area contributed by atoms with Crippen molar-refractivity contribution in [1.29, 1.82) is 5.26 Å². The predicted octanol–water partition coefficient (Wildman–Crippen LogP) is 3.72. The van der Waals surface area contributed by atoms with Crippen LogP contribution in [0.5, 0.6) is 0 Å². The minimum absolute atomic E-state index is 0.0196. The number of hydrogen-bond donors (Lipinski definition) is 2. The van der Waals surface area contributed by atoms with E-state index in [1.807, 2.05) is 6.07 Å². The zero-order chi connectivity index (χ0) is 24.1. The number of H-pyrrole nitrogens is 1. The number of primary amides is 1. The van der Waals surface area contributed by atoms with Crippen LogP contribution in [0.1, 0.15) is 29.7 Å². The molecule has 1 unspecified atom stereocenters. The number of nitriles is 1. The topological polar surface area (TPSA) is 121 Å². The molecule has 0 saturated carbocycles. The standard InChI is InChI=1S/C21H14BrF3N6O2/c1-10-16(18(27)32)17(14-6-5-11(9-26)7-15(14)22)31-19(28-29-20(31)33)30(10)13-4-2-3-12(8-13)21(23,24)25/h2-8,17H,1H3,(H2,27,32)(H,29,33). The fraction of sp³-hybridized carbons (Fsp3) is 0.143. The van der Waals surface area contributed by atoms with Gasteiger partial charge in [0.25, 0.3) is 0 Å². The van der Waals surface area contributed by atoms with E-state index >= 15 is 0 Å². The van der Waals surface area contributed by atoms with E-state index in [0.717, 1.165) is 16.7 Å². The fourth-order valence-electron chi connectivity index (χ4n) is 3.84. The average molecular weight is 519 g/mol. The van der Waals surface area contributed by atoms with Gasteiger partial charge in [-0.05, 0) is 42.8 Å². The summed E-state index contributed by atoms with van der Waals surface area (Å²) in [4.78, 5) is 26.6. The van der Waals surface area contributed by atoms with Gasteiger partial charge in [-0.3, -0.25) is 9.69 Å². The largest absolute Gasteiger partial charge is 0.416 e. The van der Waals surface area contributed by atoms with Crippen molar-refractivity contribution in [3.63, 3.8) is 0 Å². The number of allylic oxidation sites excluding steroid dienone is 1. The van der Waals surface area contributed by atoms with Crippen LogP contribution in [0.2, 0.25) is 0 Å². The van der Waals surface area contributed by atoms with Crippen LogP contribution in [0.15, 0.2) is 63.0 Å². The van der Waals surface area contributed by atoms with Crippen LogP contribution >= 0.6 is 15.9 Å². The van der Waals surface area contributed by atoms with E-state index in [1.165, 1.54) is 36.1 Å². The average Bonchev–Trinajstić information content (AvgIpc) is 3.13. The Bertz CT molecular complexity index is 1420. The summed E-state index contributed by atoms with van der Waals surface area (Å²) in [6.07, 6.45) is -4.60. The minimum Gasteiger partial charge on any atom is -0.366 e. The van der Waals surface area contributed by atoms with Gasteiger partial charge in [-0.2, -0.15) is 18.4 Å². The molecule has 8 nitrogen and oxygen atoms in total. The van der Waals surface area contributed by atoms with Crippen molar-refractivity contribution in [3.8, 4) is 6.07 Å². The lowest BCUT2D eigenvalue weighted by molar-refractivity contribution is -0.137. The maximum absolute atomic E-state index is 13.3. The van der Waals surface area contributed by atoms with E-state index in [4.69, 9.17) is 11.0 Å². The summed E-state index contributed by atoms with van der Waals surface area (Å²) >= 11 is 3.37.